The van der Waals surface area contributed by atoms with E-state index in [1.807, 2.05) is 11.3 Å². The Morgan fingerprint density at radius 1 is 1.42 bits per heavy atom. The number of pyridine rings is 1. The summed E-state index contributed by atoms with van der Waals surface area (Å²) in [5, 5.41) is 3.31. The fraction of sp³-hybridized carbons (Fsp3) is 0.286. The Bertz CT molecular complexity index is 585. The summed E-state index contributed by atoms with van der Waals surface area (Å²) in [5.74, 6) is -0.113. The topological polar surface area (TPSA) is 42.0 Å². The number of thiophene rings is 1. The molecule has 1 aliphatic carbocycles. The van der Waals surface area contributed by atoms with Gasteiger partial charge in [0.1, 0.15) is 5.15 Å². The Morgan fingerprint density at radius 3 is 3.05 bits per heavy atom. The lowest BCUT2D eigenvalue weighted by Crippen LogP contribution is -2.22. The number of fused-ring (bicyclic) bond motifs is 1. The summed E-state index contributed by atoms with van der Waals surface area (Å²) in [6.07, 6.45) is 5.13. The van der Waals surface area contributed by atoms with E-state index in [0.29, 0.717) is 17.3 Å². The van der Waals surface area contributed by atoms with E-state index >= 15 is 0 Å². The van der Waals surface area contributed by atoms with Crippen LogP contribution in [0.2, 0.25) is 5.15 Å². The van der Waals surface area contributed by atoms with E-state index in [9.17, 15) is 4.79 Å². The molecular weight excluding hydrogens is 280 g/mol. The minimum absolute atomic E-state index is 0.113. The Balaban J connectivity index is 1.62. The zero-order valence-electron chi connectivity index (χ0n) is 10.3. The number of rotatable bonds is 3. The molecule has 1 aliphatic rings. The van der Waals surface area contributed by atoms with Gasteiger partial charge in [0.25, 0.3) is 5.91 Å². The first-order valence-electron chi connectivity index (χ1n) is 6.22. The van der Waals surface area contributed by atoms with Gasteiger partial charge in [-0.15, -0.1) is 11.3 Å². The van der Waals surface area contributed by atoms with E-state index in [-0.39, 0.29) is 5.91 Å². The number of aromatic nitrogens is 1. The minimum Gasteiger partial charge on any atom is -0.347 e. The van der Waals surface area contributed by atoms with Crippen LogP contribution in [0.4, 0.5) is 0 Å². The van der Waals surface area contributed by atoms with Gasteiger partial charge in [-0.1, -0.05) is 11.6 Å². The molecule has 0 aliphatic heterocycles. The number of aryl methyl sites for hydroxylation is 2. The second-order valence-electron chi connectivity index (χ2n) is 4.57. The van der Waals surface area contributed by atoms with E-state index in [1.54, 1.807) is 12.1 Å². The lowest BCUT2D eigenvalue weighted by molar-refractivity contribution is 0.0951. The molecule has 3 rings (SSSR count). The average molecular weight is 293 g/mol. The molecule has 2 aromatic rings. The summed E-state index contributed by atoms with van der Waals surface area (Å²) in [6, 6.07) is 5.52. The highest BCUT2D eigenvalue weighted by molar-refractivity contribution is 7.12. The normalized spacial score (nSPS) is 13.3. The molecule has 1 N–H and O–H groups in total. The molecule has 98 valence electrons. The first-order chi connectivity index (χ1) is 9.22. The maximum Gasteiger partial charge on any atom is 0.253 e. The predicted molar refractivity (Wildman–Crippen MR) is 76.8 cm³/mol. The predicted octanol–water partition coefficient (Wildman–Crippen LogP) is 3.22. The van der Waals surface area contributed by atoms with Crippen LogP contribution in [0, 0.1) is 0 Å². The van der Waals surface area contributed by atoms with Gasteiger partial charge in [0.05, 0.1) is 12.1 Å². The lowest BCUT2D eigenvalue weighted by Gasteiger charge is -2.03. The van der Waals surface area contributed by atoms with Gasteiger partial charge in [-0.2, -0.15) is 0 Å². The Labute approximate surface area is 120 Å². The quantitative estimate of drug-likeness (QED) is 0.883. The highest BCUT2D eigenvalue weighted by atomic mass is 35.5. The van der Waals surface area contributed by atoms with Crippen molar-refractivity contribution in [2.75, 3.05) is 0 Å². The van der Waals surface area contributed by atoms with Crippen molar-refractivity contribution in [2.24, 2.45) is 0 Å². The number of hydrogen-bond acceptors (Lipinski definition) is 3. The number of hydrogen-bond donors (Lipinski definition) is 1. The molecule has 0 unspecified atom stereocenters. The van der Waals surface area contributed by atoms with E-state index in [0.717, 1.165) is 0 Å². The van der Waals surface area contributed by atoms with Crippen molar-refractivity contribution in [2.45, 2.75) is 25.8 Å². The molecule has 1 amide bonds. The molecule has 0 spiro atoms. The van der Waals surface area contributed by atoms with Crippen molar-refractivity contribution in [1.82, 2.24) is 10.3 Å². The van der Waals surface area contributed by atoms with Gasteiger partial charge in [-0.25, -0.2) is 4.98 Å². The fourth-order valence-electron chi connectivity index (χ4n) is 2.26. The molecule has 0 saturated heterocycles. The second kappa shape index (κ2) is 5.31. The maximum atomic E-state index is 11.9. The molecule has 2 aromatic heterocycles. The largest absolute Gasteiger partial charge is 0.347 e. The number of nitrogens with one attached hydrogen (secondary N) is 1. The van der Waals surface area contributed by atoms with Crippen LogP contribution in [-0.4, -0.2) is 10.9 Å². The summed E-state index contributed by atoms with van der Waals surface area (Å²) in [6.45, 7) is 0.582. The summed E-state index contributed by atoms with van der Waals surface area (Å²) >= 11 is 7.50. The van der Waals surface area contributed by atoms with Crippen molar-refractivity contribution in [3.8, 4) is 0 Å². The summed E-state index contributed by atoms with van der Waals surface area (Å²) in [4.78, 5) is 18.5. The number of halogens is 1. The van der Waals surface area contributed by atoms with Crippen LogP contribution in [0.3, 0.4) is 0 Å². The van der Waals surface area contributed by atoms with E-state index in [1.165, 1.54) is 40.8 Å². The van der Waals surface area contributed by atoms with Gasteiger partial charge in [-0.05, 0) is 43.0 Å². The first kappa shape index (κ1) is 12.6. The standard InChI is InChI=1S/C14H13ClN2OS/c15-13-5-4-10(7-16-13)14(18)17-8-11-6-9-2-1-3-12(9)19-11/h4-7H,1-3,8H2,(H,17,18). The second-order valence-corrected chi connectivity index (χ2v) is 6.18. The van der Waals surface area contributed by atoms with Crippen LogP contribution >= 0.6 is 22.9 Å². The molecule has 5 heteroatoms. The van der Waals surface area contributed by atoms with Crippen molar-refractivity contribution < 1.29 is 4.79 Å². The van der Waals surface area contributed by atoms with E-state index in [4.69, 9.17) is 11.6 Å². The van der Waals surface area contributed by atoms with Crippen molar-refractivity contribution >= 4 is 28.8 Å². The molecular formula is C14H13ClN2OS. The van der Waals surface area contributed by atoms with Crippen molar-refractivity contribution in [1.29, 1.82) is 0 Å². The van der Waals surface area contributed by atoms with Gasteiger partial charge in [0.15, 0.2) is 0 Å². The fourth-order valence-corrected chi connectivity index (χ4v) is 3.57. The Morgan fingerprint density at radius 2 is 2.32 bits per heavy atom. The van der Waals surface area contributed by atoms with Crippen LogP contribution in [0.5, 0.6) is 0 Å². The van der Waals surface area contributed by atoms with E-state index < -0.39 is 0 Å². The molecule has 19 heavy (non-hydrogen) atoms. The van der Waals surface area contributed by atoms with Crippen LogP contribution < -0.4 is 5.32 Å². The van der Waals surface area contributed by atoms with Crippen LogP contribution in [0.1, 0.15) is 32.1 Å². The molecule has 0 radical (unpaired) electrons. The third-order valence-corrected chi connectivity index (χ3v) is 4.67. The lowest BCUT2D eigenvalue weighted by atomic mass is 10.2. The third kappa shape index (κ3) is 2.80. The Hall–Kier alpha value is -1.39. The smallest absolute Gasteiger partial charge is 0.253 e. The zero-order valence-corrected chi connectivity index (χ0v) is 11.9. The zero-order chi connectivity index (χ0) is 13.2. The van der Waals surface area contributed by atoms with Gasteiger partial charge in [-0.3, -0.25) is 4.79 Å². The van der Waals surface area contributed by atoms with E-state index in [2.05, 4.69) is 16.4 Å². The maximum absolute atomic E-state index is 11.9. The van der Waals surface area contributed by atoms with Gasteiger partial charge < -0.3 is 5.32 Å². The highest BCUT2D eigenvalue weighted by Crippen LogP contribution is 2.30. The Kier molecular flexibility index (Phi) is 3.53. The number of nitrogens with zero attached hydrogens (tertiary/aromatic N) is 1. The van der Waals surface area contributed by atoms with Gasteiger partial charge in [0, 0.05) is 16.0 Å². The molecule has 0 bridgehead atoms. The average Bonchev–Trinajstić information content (AvgIpc) is 2.97. The molecule has 0 saturated carbocycles. The number of amides is 1. The first-order valence-corrected chi connectivity index (χ1v) is 7.42. The SMILES string of the molecule is O=C(NCc1cc2c(s1)CCC2)c1ccc(Cl)nc1. The summed E-state index contributed by atoms with van der Waals surface area (Å²) in [5.41, 5.74) is 2.00. The van der Waals surface area contributed by atoms with Gasteiger partial charge in [0.2, 0.25) is 0 Å². The number of carbonyl (C=O) groups is 1. The third-order valence-electron chi connectivity index (χ3n) is 3.21. The molecule has 0 aromatic carbocycles. The molecule has 2 heterocycles. The van der Waals surface area contributed by atoms with Gasteiger partial charge >= 0.3 is 0 Å². The van der Waals surface area contributed by atoms with Crippen molar-refractivity contribution in [3.05, 3.63) is 50.4 Å². The van der Waals surface area contributed by atoms with Crippen LogP contribution in [-0.2, 0) is 19.4 Å². The van der Waals surface area contributed by atoms with Crippen molar-refractivity contribution in [3.63, 3.8) is 0 Å². The highest BCUT2D eigenvalue weighted by Gasteiger charge is 2.15. The number of carbonyl (C=O) groups excluding carboxylic acids is 1. The molecule has 0 fully saturated rings. The van der Waals surface area contributed by atoms with Crippen LogP contribution in [0.25, 0.3) is 0 Å². The molecule has 0 atom stereocenters. The molecule has 3 nitrogen and oxygen atoms in total. The minimum atomic E-state index is -0.113. The monoisotopic (exact) mass is 292 g/mol. The summed E-state index contributed by atoms with van der Waals surface area (Å²) in [7, 11) is 0. The van der Waals surface area contributed by atoms with Crippen LogP contribution in [0.15, 0.2) is 24.4 Å². The summed E-state index contributed by atoms with van der Waals surface area (Å²) < 4.78 is 0.